The fourth-order valence-electron chi connectivity index (χ4n) is 0.563. The third kappa shape index (κ3) is 32.6. The van der Waals surface area contributed by atoms with Crippen LogP contribution in [0.5, 0.6) is 0 Å². The standard InChI is InChI=1S/C5H4F3Ge.3C4H10N.Hf/c6-9(7,8)5-3-1-2-4-5;3*1-3-4(2)5;/h1-4H;3*4-5H,3H2,1-2H3;/q4*-1;+4. The van der Waals surface area contributed by atoms with Gasteiger partial charge in [-0.05, 0) is 0 Å². The summed E-state index contributed by atoms with van der Waals surface area (Å²) in [5.41, 5.74) is 20.5. The van der Waals surface area contributed by atoms with Gasteiger partial charge in [0.25, 0.3) is 0 Å². The molecule has 1 rings (SSSR count). The summed E-state index contributed by atoms with van der Waals surface area (Å²) in [4.78, 5) is 0. The second-order valence-electron chi connectivity index (χ2n) is 5.60. The van der Waals surface area contributed by atoms with E-state index in [0.717, 1.165) is 31.4 Å². The third-order valence-electron chi connectivity index (χ3n) is 2.83. The van der Waals surface area contributed by atoms with Gasteiger partial charge in [-0.3, -0.25) is 0 Å². The summed E-state index contributed by atoms with van der Waals surface area (Å²) < 4.78 is 35.0. The average Bonchev–Trinajstić information content (AvgIpc) is 3.03. The van der Waals surface area contributed by atoms with E-state index in [1.807, 2.05) is 41.5 Å². The van der Waals surface area contributed by atoms with Gasteiger partial charge >= 0.3 is 79.7 Å². The fraction of sp³-hybridized carbons (Fsp3) is 0.706. The molecule has 1 aromatic rings. The first kappa shape index (κ1) is 33.1. The minimum absolute atomic E-state index is 0. The van der Waals surface area contributed by atoms with E-state index in [-0.39, 0.29) is 44.0 Å². The summed E-state index contributed by atoms with van der Waals surface area (Å²) in [7, 11) is 0. The van der Waals surface area contributed by atoms with Gasteiger partial charge in [0.2, 0.25) is 0 Å². The van der Waals surface area contributed by atoms with Crippen molar-refractivity contribution in [1.29, 1.82) is 0 Å². The predicted molar refractivity (Wildman–Crippen MR) is 103 cm³/mol. The molecule has 0 radical (unpaired) electrons. The molecule has 146 valence electrons. The van der Waals surface area contributed by atoms with Gasteiger partial charge in [0, 0.05) is 0 Å². The summed E-state index contributed by atoms with van der Waals surface area (Å²) in [5, 5.41) is 0. The van der Waals surface area contributed by atoms with Crippen LogP contribution in [0.3, 0.4) is 0 Å². The molecule has 0 aliphatic carbocycles. The van der Waals surface area contributed by atoms with Crippen LogP contribution >= 0.6 is 0 Å². The first-order valence-electron chi connectivity index (χ1n) is 8.34. The van der Waals surface area contributed by atoms with Crippen molar-refractivity contribution in [1.82, 2.24) is 0 Å². The number of hydrogen-bond acceptors (Lipinski definition) is 0. The first-order chi connectivity index (χ1) is 10.9. The van der Waals surface area contributed by atoms with E-state index in [2.05, 4.69) is 0 Å². The molecule has 3 nitrogen and oxygen atoms in total. The van der Waals surface area contributed by atoms with E-state index >= 15 is 0 Å². The van der Waals surface area contributed by atoms with Crippen molar-refractivity contribution in [3.8, 4) is 0 Å². The summed E-state index contributed by atoms with van der Waals surface area (Å²) in [5.74, 6) is 0. The van der Waals surface area contributed by atoms with E-state index in [1.54, 1.807) is 0 Å². The average molecular weight is 589 g/mol. The molecule has 0 aromatic heterocycles. The van der Waals surface area contributed by atoms with Crippen LogP contribution in [-0.4, -0.2) is 32.8 Å². The minimum Gasteiger partial charge on any atom is 4.00 e. The van der Waals surface area contributed by atoms with Crippen molar-refractivity contribution in [3.05, 3.63) is 41.5 Å². The van der Waals surface area contributed by atoms with Crippen LogP contribution in [-0.2, 0) is 25.8 Å². The van der Waals surface area contributed by atoms with Crippen molar-refractivity contribution >= 4 is 19.1 Å². The van der Waals surface area contributed by atoms with Gasteiger partial charge in [0.05, 0.1) is 0 Å². The molecular formula is C17H34F3GeHfN3. The molecule has 0 fully saturated rings. The molecule has 25 heavy (non-hydrogen) atoms. The Morgan fingerprint density at radius 2 is 0.960 bits per heavy atom. The number of nitrogens with one attached hydrogen (secondary N) is 3. The minimum atomic E-state index is -5.94. The second kappa shape index (κ2) is 20.7. The maximum absolute atomic E-state index is 11.8. The summed E-state index contributed by atoms with van der Waals surface area (Å²) in [6, 6.07) is 5.47. The smallest absolute Gasteiger partial charge is 4.00 e. The molecule has 0 heterocycles. The van der Waals surface area contributed by atoms with Crippen LogP contribution in [0.4, 0.5) is 10.5 Å². The Morgan fingerprint density at radius 3 is 1.04 bits per heavy atom. The van der Waals surface area contributed by atoms with Crippen LogP contribution in [0, 0.1) is 0 Å². The molecule has 0 aliphatic heterocycles. The molecule has 0 saturated carbocycles. The van der Waals surface area contributed by atoms with Crippen molar-refractivity contribution in [3.63, 3.8) is 0 Å². The molecule has 0 aliphatic rings. The molecule has 0 amide bonds. The van der Waals surface area contributed by atoms with E-state index in [1.165, 1.54) is 12.1 Å². The second-order valence-corrected chi connectivity index (χ2v) is 8.90. The fourth-order valence-corrected chi connectivity index (χ4v) is 1.76. The Morgan fingerprint density at radius 1 is 0.760 bits per heavy atom. The van der Waals surface area contributed by atoms with Gasteiger partial charge in [-0.25, -0.2) is 0 Å². The number of rotatable bonds is 4. The van der Waals surface area contributed by atoms with Crippen LogP contribution in [0.25, 0.3) is 17.2 Å². The third-order valence-corrected chi connectivity index (χ3v) is 4.90. The number of halogens is 3. The maximum Gasteiger partial charge on any atom is 4.00 e. The molecular weight excluding hydrogens is 554 g/mol. The van der Waals surface area contributed by atoms with Gasteiger partial charge in [-0.2, -0.15) is 0 Å². The van der Waals surface area contributed by atoms with Crippen molar-refractivity contribution < 1.29 is 36.3 Å². The Labute approximate surface area is 175 Å². The van der Waals surface area contributed by atoms with Crippen LogP contribution in [0.1, 0.15) is 60.8 Å². The van der Waals surface area contributed by atoms with Gasteiger partial charge in [-0.15, -0.1) is 18.1 Å². The molecule has 0 bridgehead atoms. The Hall–Kier alpha value is 0.433. The van der Waals surface area contributed by atoms with Gasteiger partial charge in [0.15, 0.2) is 0 Å². The largest absolute Gasteiger partial charge is 4.00 e. The van der Waals surface area contributed by atoms with Crippen LogP contribution in [0.15, 0.2) is 24.3 Å². The predicted octanol–water partition coefficient (Wildman–Crippen LogP) is 6.97. The normalized spacial score (nSPS) is 13.3. The summed E-state index contributed by atoms with van der Waals surface area (Å²) >= 11 is -5.94. The Kier molecular flexibility index (Phi) is 27.4. The maximum atomic E-state index is 11.8. The molecule has 0 saturated heterocycles. The van der Waals surface area contributed by atoms with Gasteiger partial charge in [-0.1, -0.05) is 60.8 Å². The van der Waals surface area contributed by atoms with Crippen LogP contribution < -0.4 is 4.40 Å². The Bertz CT molecular complexity index is 324. The molecule has 8 heteroatoms. The first-order valence-corrected chi connectivity index (χ1v) is 11.8. The SMILES string of the molecule is CCC(C)[NH-].CCC(C)[NH-].CCC(C)[NH-].[F][Ge]([F])([F])[c-]1cccc1.[Hf+4]. The molecule has 3 atom stereocenters. The number of hydrogen-bond donors (Lipinski definition) is 0. The monoisotopic (exact) mass is 591 g/mol. The molecule has 0 spiro atoms. The Balaban J connectivity index is -0.000000122. The van der Waals surface area contributed by atoms with Crippen molar-refractivity contribution in [2.75, 3.05) is 0 Å². The van der Waals surface area contributed by atoms with E-state index in [9.17, 15) is 10.5 Å². The molecule has 1 aromatic carbocycles. The summed E-state index contributed by atoms with van der Waals surface area (Å²) in [6.07, 6.45) is 2.92. The van der Waals surface area contributed by atoms with Gasteiger partial charge in [0.1, 0.15) is 0 Å². The topological polar surface area (TPSA) is 71.4 Å². The van der Waals surface area contributed by atoms with Crippen LogP contribution in [0.2, 0.25) is 0 Å². The zero-order chi connectivity index (χ0) is 19.8. The zero-order valence-corrected chi connectivity index (χ0v) is 22.0. The van der Waals surface area contributed by atoms with Crippen molar-refractivity contribution in [2.24, 2.45) is 0 Å². The molecule has 3 N–H and O–H groups in total. The molecule has 3 unspecified atom stereocenters. The zero-order valence-electron chi connectivity index (χ0n) is 16.3. The quantitative estimate of drug-likeness (QED) is 0.269. The van der Waals surface area contributed by atoms with Gasteiger partial charge < -0.3 is 17.2 Å². The van der Waals surface area contributed by atoms with Crippen molar-refractivity contribution in [2.45, 2.75) is 78.9 Å². The van der Waals surface area contributed by atoms with E-state index < -0.39 is 19.1 Å². The summed E-state index contributed by atoms with van der Waals surface area (Å²) in [6.45, 7) is 11.7. The van der Waals surface area contributed by atoms with E-state index in [4.69, 9.17) is 17.2 Å². The van der Waals surface area contributed by atoms with E-state index in [0.29, 0.717) is 0 Å².